The Morgan fingerprint density at radius 3 is 2.64 bits per heavy atom. The van der Waals surface area contributed by atoms with Gasteiger partial charge in [-0.1, -0.05) is 12.8 Å². The summed E-state index contributed by atoms with van der Waals surface area (Å²) >= 11 is 0. The van der Waals surface area contributed by atoms with E-state index in [2.05, 4.69) is 17.2 Å². The molecule has 1 heterocycles. The fourth-order valence-corrected chi connectivity index (χ4v) is 2.11. The molecule has 1 saturated carbocycles. The number of hydrogen-bond donors (Lipinski definition) is 2. The van der Waals surface area contributed by atoms with Crippen molar-refractivity contribution in [2.75, 3.05) is 11.1 Å². The van der Waals surface area contributed by atoms with Crippen molar-refractivity contribution in [2.24, 2.45) is 0 Å². The lowest BCUT2D eigenvalue weighted by molar-refractivity contribution is 0.533. The molecule has 14 heavy (non-hydrogen) atoms. The molecule has 1 aliphatic rings. The summed E-state index contributed by atoms with van der Waals surface area (Å²) in [6.07, 6.45) is 6.95. The number of anilines is 2. The van der Waals surface area contributed by atoms with Crippen molar-refractivity contribution in [3.63, 3.8) is 0 Å². The second-order valence-corrected chi connectivity index (χ2v) is 4.36. The Labute approximate surface area is 84.7 Å². The van der Waals surface area contributed by atoms with E-state index in [-0.39, 0.29) is 5.54 Å². The van der Waals surface area contributed by atoms with E-state index in [4.69, 9.17) is 5.73 Å². The molecule has 2 rings (SSSR count). The Balaban J connectivity index is 2.06. The van der Waals surface area contributed by atoms with Crippen LogP contribution in [0.5, 0.6) is 0 Å². The smallest absolute Gasteiger partial charge is 0.123 e. The number of hydrogen-bond acceptors (Lipinski definition) is 3. The molecule has 0 amide bonds. The zero-order valence-electron chi connectivity index (χ0n) is 8.59. The van der Waals surface area contributed by atoms with Crippen molar-refractivity contribution < 1.29 is 0 Å². The molecule has 1 aliphatic carbocycles. The van der Waals surface area contributed by atoms with Gasteiger partial charge in [-0.2, -0.15) is 0 Å². The van der Waals surface area contributed by atoms with Gasteiger partial charge < -0.3 is 11.1 Å². The number of nitrogen functional groups attached to an aromatic ring is 1. The number of nitrogens with two attached hydrogens (primary N) is 1. The van der Waals surface area contributed by atoms with Crippen LogP contribution in [-0.2, 0) is 0 Å². The summed E-state index contributed by atoms with van der Waals surface area (Å²) in [5.41, 5.74) is 6.86. The van der Waals surface area contributed by atoms with E-state index in [1.54, 1.807) is 6.20 Å². The second-order valence-electron chi connectivity index (χ2n) is 4.36. The number of nitrogens with zero attached hydrogens (tertiary/aromatic N) is 1. The average Bonchev–Trinajstić information content (AvgIpc) is 2.57. The molecule has 3 nitrogen and oxygen atoms in total. The van der Waals surface area contributed by atoms with Gasteiger partial charge in [0, 0.05) is 5.54 Å². The summed E-state index contributed by atoms with van der Waals surface area (Å²) in [5, 5.41) is 3.53. The third-order valence-corrected chi connectivity index (χ3v) is 2.94. The Morgan fingerprint density at radius 2 is 2.07 bits per heavy atom. The molecule has 0 saturated heterocycles. The molecule has 0 aliphatic heterocycles. The lowest BCUT2D eigenvalue weighted by Crippen LogP contribution is -2.30. The Hall–Kier alpha value is -1.25. The van der Waals surface area contributed by atoms with Gasteiger partial charge in [0.1, 0.15) is 5.82 Å². The summed E-state index contributed by atoms with van der Waals surface area (Å²) in [5.74, 6) is 0.576. The van der Waals surface area contributed by atoms with E-state index >= 15 is 0 Å². The molecule has 0 radical (unpaired) electrons. The summed E-state index contributed by atoms with van der Waals surface area (Å²) < 4.78 is 0. The van der Waals surface area contributed by atoms with Crippen molar-refractivity contribution in [3.05, 3.63) is 18.3 Å². The van der Waals surface area contributed by atoms with E-state index in [0.29, 0.717) is 5.82 Å². The molecular weight excluding hydrogens is 174 g/mol. The van der Waals surface area contributed by atoms with Crippen LogP contribution in [-0.4, -0.2) is 10.5 Å². The van der Waals surface area contributed by atoms with Gasteiger partial charge in [-0.3, -0.25) is 0 Å². The van der Waals surface area contributed by atoms with E-state index < -0.39 is 0 Å². The zero-order chi connectivity index (χ0) is 10.0. The first-order chi connectivity index (χ1) is 6.68. The Kier molecular flexibility index (Phi) is 2.32. The molecule has 0 atom stereocenters. The second kappa shape index (κ2) is 3.48. The normalized spacial score (nSPS) is 19.5. The summed E-state index contributed by atoms with van der Waals surface area (Å²) in [6.45, 7) is 2.27. The zero-order valence-corrected chi connectivity index (χ0v) is 8.59. The highest BCUT2D eigenvalue weighted by molar-refractivity contribution is 5.47. The number of rotatable bonds is 2. The van der Waals surface area contributed by atoms with Gasteiger partial charge in [0.25, 0.3) is 0 Å². The molecule has 1 aromatic heterocycles. The molecule has 3 heteroatoms. The van der Waals surface area contributed by atoms with Crippen LogP contribution < -0.4 is 11.1 Å². The van der Waals surface area contributed by atoms with Crippen LogP contribution in [0.15, 0.2) is 18.3 Å². The predicted molar refractivity (Wildman–Crippen MR) is 59.1 cm³/mol. The molecule has 76 valence electrons. The van der Waals surface area contributed by atoms with E-state index in [9.17, 15) is 0 Å². The standard InChI is InChI=1S/C11H17N3/c1-11(6-2-3-7-11)14-9-4-5-10(12)13-8-9/h4-5,8,14H,2-3,6-7H2,1H3,(H2,12,13). The van der Waals surface area contributed by atoms with Gasteiger partial charge in [-0.05, 0) is 31.9 Å². The van der Waals surface area contributed by atoms with Crippen LogP contribution in [0.3, 0.4) is 0 Å². The monoisotopic (exact) mass is 191 g/mol. The lowest BCUT2D eigenvalue weighted by Gasteiger charge is -2.26. The molecule has 1 fully saturated rings. The molecular formula is C11H17N3. The fourth-order valence-electron chi connectivity index (χ4n) is 2.11. The predicted octanol–water partition coefficient (Wildman–Crippen LogP) is 2.41. The largest absolute Gasteiger partial charge is 0.384 e. The van der Waals surface area contributed by atoms with E-state index in [1.165, 1.54) is 25.7 Å². The number of pyridine rings is 1. The maximum atomic E-state index is 5.53. The first kappa shape index (κ1) is 9.31. The molecule has 0 spiro atoms. The van der Waals surface area contributed by atoms with Gasteiger partial charge in [0.05, 0.1) is 11.9 Å². The summed E-state index contributed by atoms with van der Waals surface area (Å²) in [6, 6.07) is 3.83. The molecule has 0 unspecified atom stereocenters. The van der Waals surface area contributed by atoms with Crippen molar-refractivity contribution in [2.45, 2.75) is 38.1 Å². The van der Waals surface area contributed by atoms with Crippen LogP contribution in [0, 0.1) is 0 Å². The van der Waals surface area contributed by atoms with Crippen molar-refractivity contribution in [1.29, 1.82) is 0 Å². The van der Waals surface area contributed by atoms with Crippen LogP contribution in [0.1, 0.15) is 32.6 Å². The maximum Gasteiger partial charge on any atom is 0.123 e. The van der Waals surface area contributed by atoms with Gasteiger partial charge in [-0.15, -0.1) is 0 Å². The van der Waals surface area contributed by atoms with Gasteiger partial charge >= 0.3 is 0 Å². The van der Waals surface area contributed by atoms with Crippen LogP contribution in [0.25, 0.3) is 0 Å². The minimum absolute atomic E-state index is 0.262. The lowest BCUT2D eigenvalue weighted by atomic mass is 10.0. The van der Waals surface area contributed by atoms with Gasteiger partial charge in [-0.25, -0.2) is 4.98 Å². The van der Waals surface area contributed by atoms with Gasteiger partial charge in [0.15, 0.2) is 0 Å². The Bertz CT molecular complexity index is 299. The highest BCUT2D eigenvalue weighted by Gasteiger charge is 2.27. The Morgan fingerprint density at radius 1 is 1.36 bits per heavy atom. The first-order valence-corrected chi connectivity index (χ1v) is 5.18. The van der Waals surface area contributed by atoms with Crippen molar-refractivity contribution in [3.8, 4) is 0 Å². The van der Waals surface area contributed by atoms with Gasteiger partial charge in [0.2, 0.25) is 0 Å². The number of aromatic nitrogens is 1. The third-order valence-electron chi connectivity index (χ3n) is 2.94. The SMILES string of the molecule is CC1(Nc2ccc(N)nc2)CCCC1. The molecule has 1 aromatic rings. The summed E-state index contributed by atoms with van der Waals surface area (Å²) in [7, 11) is 0. The van der Waals surface area contributed by atoms with Crippen LogP contribution in [0.2, 0.25) is 0 Å². The minimum Gasteiger partial charge on any atom is -0.384 e. The topological polar surface area (TPSA) is 50.9 Å². The third kappa shape index (κ3) is 1.97. The average molecular weight is 191 g/mol. The van der Waals surface area contributed by atoms with Crippen molar-refractivity contribution >= 4 is 11.5 Å². The quantitative estimate of drug-likeness (QED) is 0.754. The molecule has 3 N–H and O–H groups in total. The van der Waals surface area contributed by atoms with E-state index in [0.717, 1.165) is 5.69 Å². The first-order valence-electron chi connectivity index (χ1n) is 5.18. The fraction of sp³-hybridized carbons (Fsp3) is 0.545. The van der Waals surface area contributed by atoms with Crippen LogP contribution in [0.4, 0.5) is 11.5 Å². The highest BCUT2D eigenvalue weighted by atomic mass is 15.0. The molecule has 0 bridgehead atoms. The van der Waals surface area contributed by atoms with E-state index in [1.807, 2.05) is 12.1 Å². The number of nitrogens with one attached hydrogen (secondary N) is 1. The van der Waals surface area contributed by atoms with Crippen molar-refractivity contribution in [1.82, 2.24) is 4.98 Å². The summed E-state index contributed by atoms with van der Waals surface area (Å²) in [4.78, 5) is 4.07. The highest BCUT2D eigenvalue weighted by Crippen LogP contribution is 2.32. The molecule has 0 aromatic carbocycles. The van der Waals surface area contributed by atoms with Crippen LogP contribution >= 0.6 is 0 Å². The minimum atomic E-state index is 0.262. The maximum absolute atomic E-state index is 5.53.